The van der Waals surface area contributed by atoms with E-state index in [2.05, 4.69) is 20.6 Å². The van der Waals surface area contributed by atoms with E-state index in [4.69, 9.17) is 0 Å². The number of carbonyl (C=O) groups is 2. The molecule has 0 atom stereocenters. The van der Waals surface area contributed by atoms with Crippen molar-refractivity contribution in [2.24, 2.45) is 5.92 Å². The van der Waals surface area contributed by atoms with Crippen LogP contribution in [0, 0.1) is 12.8 Å². The fourth-order valence-electron chi connectivity index (χ4n) is 3.79. The molecule has 4 aromatic rings. The van der Waals surface area contributed by atoms with Gasteiger partial charge in [-0.25, -0.2) is 9.97 Å². The number of benzene rings is 1. The van der Waals surface area contributed by atoms with Crippen molar-refractivity contribution in [3.8, 4) is 11.3 Å². The molecule has 0 spiro atoms. The minimum absolute atomic E-state index is 0.0271. The number of rotatable bonds is 5. The van der Waals surface area contributed by atoms with Crippen LogP contribution in [-0.4, -0.2) is 26.2 Å². The number of pyridine rings is 2. The minimum atomic E-state index is -4.54. The van der Waals surface area contributed by atoms with E-state index in [1.54, 1.807) is 36.5 Å². The van der Waals surface area contributed by atoms with Crippen LogP contribution in [-0.2, 0) is 11.0 Å². The summed E-state index contributed by atoms with van der Waals surface area (Å²) < 4.78 is 40.8. The van der Waals surface area contributed by atoms with Crippen LogP contribution in [0.15, 0.2) is 61.1 Å². The number of alkyl halides is 3. The molecule has 35 heavy (non-hydrogen) atoms. The normalized spacial score (nSPS) is 13.6. The third-order valence-corrected chi connectivity index (χ3v) is 5.85. The molecular formula is C25H20F3N5O2. The molecule has 1 saturated carbocycles. The molecule has 1 aliphatic carbocycles. The zero-order chi connectivity index (χ0) is 24.7. The summed E-state index contributed by atoms with van der Waals surface area (Å²) in [6, 6.07) is 10.2. The highest BCUT2D eigenvalue weighted by molar-refractivity contribution is 6.04. The Kier molecular flexibility index (Phi) is 5.50. The molecule has 3 aromatic heterocycles. The van der Waals surface area contributed by atoms with Crippen LogP contribution < -0.4 is 10.6 Å². The molecule has 1 fully saturated rings. The zero-order valence-corrected chi connectivity index (χ0v) is 18.6. The number of halogens is 3. The van der Waals surface area contributed by atoms with Gasteiger partial charge in [-0.05, 0) is 61.7 Å². The second-order valence-corrected chi connectivity index (χ2v) is 8.43. The summed E-state index contributed by atoms with van der Waals surface area (Å²) in [7, 11) is 0. The van der Waals surface area contributed by atoms with Gasteiger partial charge in [0.2, 0.25) is 5.91 Å². The van der Waals surface area contributed by atoms with Gasteiger partial charge in [-0.3, -0.25) is 14.0 Å². The number of fused-ring (bicyclic) bond motifs is 1. The third kappa shape index (κ3) is 4.59. The van der Waals surface area contributed by atoms with E-state index >= 15 is 0 Å². The van der Waals surface area contributed by atoms with E-state index in [1.807, 2.05) is 17.5 Å². The molecular weight excluding hydrogens is 459 g/mol. The monoisotopic (exact) mass is 479 g/mol. The first kappa shape index (κ1) is 22.6. The molecule has 2 N–H and O–H groups in total. The van der Waals surface area contributed by atoms with Crippen molar-refractivity contribution in [3.05, 3.63) is 77.7 Å². The number of nitrogens with zero attached hydrogens (tertiary/aromatic N) is 3. The summed E-state index contributed by atoms with van der Waals surface area (Å²) in [5, 5.41) is 5.35. The van der Waals surface area contributed by atoms with Crippen LogP contribution in [0.1, 0.15) is 34.3 Å². The summed E-state index contributed by atoms with van der Waals surface area (Å²) in [5.41, 5.74) is 2.80. The fourth-order valence-corrected chi connectivity index (χ4v) is 3.79. The van der Waals surface area contributed by atoms with Gasteiger partial charge in [0.15, 0.2) is 5.65 Å². The van der Waals surface area contributed by atoms with Crippen molar-refractivity contribution in [2.45, 2.75) is 25.9 Å². The van der Waals surface area contributed by atoms with Crippen LogP contribution in [0.5, 0.6) is 0 Å². The Hall–Kier alpha value is -4.21. The maximum absolute atomic E-state index is 13.0. The summed E-state index contributed by atoms with van der Waals surface area (Å²) in [5.74, 6) is -0.767. The van der Waals surface area contributed by atoms with Gasteiger partial charge in [-0.2, -0.15) is 13.2 Å². The first-order valence-electron chi connectivity index (χ1n) is 10.9. The highest BCUT2D eigenvalue weighted by Crippen LogP contribution is 2.33. The quantitative estimate of drug-likeness (QED) is 0.405. The Bertz CT molecular complexity index is 1460. The van der Waals surface area contributed by atoms with Gasteiger partial charge in [-0.15, -0.1) is 0 Å². The van der Waals surface area contributed by atoms with Crippen molar-refractivity contribution in [3.63, 3.8) is 0 Å². The maximum Gasteiger partial charge on any atom is 0.416 e. The molecule has 0 unspecified atom stereocenters. The van der Waals surface area contributed by atoms with E-state index in [-0.39, 0.29) is 23.2 Å². The average Bonchev–Trinajstić information content (AvgIpc) is 3.59. The Balaban J connectivity index is 1.45. The lowest BCUT2D eigenvalue weighted by molar-refractivity contribution is -0.137. The van der Waals surface area contributed by atoms with Crippen molar-refractivity contribution < 1.29 is 22.8 Å². The summed E-state index contributed by atoms with van der Waals surface area (Å²) in [4.78, 5) is 33.3. The molecule has 7 nitrogen and oxygen atoms in total. The number of aromatic nitrogens is 3. The van der Waals surface area contributed by atoms with Crippen molar-refractivity contribution in [2.75, 3.05) is 10.6 Å². The molecule has 178 valence electrons. The Morgan fingerprint density at radius 3 is 2.60 bits per heavy atom. The van der Waals surface area contributed by atoms with Crippen LogP contribution in [0.2, 0.25) is 0 Å². The van der Waals surface area contributed by atoms with Crippen molar-refractivity contribution in [1.29, 1.82) is 0 Å². The lowest BCUT2D eigenvalue weighted by Gasteiger charge is -2.11. The number of imidazole rings is 1. The second kappa shape index (κ2) is 8.53. The molecule has 3 heterocycles. The third-order valence-electron chi connectivity index (χ3n) is 5.85. The van der Waals surface area contributed by atoms with Gasteiger partial charge >= 0.3 is 6.18 Å². The number of aryl methyl sites for hydroxylation is 1. The van der Waals surface area contributed by atoms with Gasteiger partial charge < -0.3 is 10.6 Å². The smallest absolute Gasteiger partial charge is 0.323 e. The minimum Gasteiger partial charge on any atom is -0.323 e. The highest BCUT2D eigenvalue weighted by atomic mass is 19.4. The fraction of sp³-hybridized carbons (Fsp3) is 0.200. The molecule has 1 aliphatic rings. The Morgan fingerprint density at radius 2 is 1.86 bits per heavy atom. The molecule has 1 aromatic carbocycles. The number of amides is 2. The first-order valence-corrected chi connectivity index (χ1v) is 10.9. The number of hydrogen-bond donors (Lipinski definition) is 2. The Labute approximate surface area is 198 Å². The molecule has 0 aliphatic heterocycles. The highest BCUT2D eigenvalue weighted by Gasteiger charge is 2.31. The lowest BCUT2D eigenvalue weighted by atomic mass is 10.0. The maximum atomic E-state index is 13.0. The number of carbonyl (C=O) groups excluding carboxylic acids is 2. The average molecular weight is 479 g/mol. The van der Waals surface area contributed by atoms with Crippen molar-refractivity contribution >= 4 is 29.0 Å². The van der Waals surface area contributed by atoms with E-state index in [9.17, 15) is 22.8 Å². The second-order valence-electron chi connectivity index (χ2n) is 8.43. The molecule has 10 heteroatoms. The topological polar surface area (TPSA) is 88.4 Å². The van der Waals surface area contributed by atoms with Crippen LogP contribution in [0.25, 0.3) is 16.9 Å². The summed E-state index contributed by atoms with van der Waals surface area (Å²) >= 11 is 0. The van der Waals surface area contributed by atoms with Crippen LogP contribution in [0.4, 0.5) is 24.7 Å². The number of nitrogens with one attached hydrogen (secondary N) is 2. The predicted molar refractivity (Wildman–Crippen MR) is 124 cm³/mol. The predicted octanol–water partition coefficient (Wildman–Crippen LogP) is 5.32. The van der Waals surface area contributed by atoms with Crippen molar-refractivity contribution in [1.82, 2.24) is 14.4 Å². The SMILES string of the molecule is Cc1ccc(C(=O)Nc2cc(C(F)(F)F)ccn2)cc1-c1cnc2c(NC(=O)C3CC3)cccn12. The molecule has 0 radical (unpaired) electrons. The first-order chi connectivity index (χ1) is 16.7. The summed E-state index contributed by atoms with van der Waals surface area (Å²) in [6.07, 6.45) is 1.69. The number of anilines is 2. The van der Waals surface area contributed by atoms with E-state index < -0.39 is 17.6 Å². The van der Waals surface area contributed by atoms with E-state index in [0.29, 0.717) is 22.6 Å². The molecule has 2 amide bonds. The number of hydrogen-bond acceptors (Lipinski definition) is 4. The largest absolute Gasteiger partial charge is 0.416 e. The van der Waals surface area contributed by atoms with Crippen LogP contribution >= 0.6 is 0 Å². The standard InChI is InChI=1S/C25H20F3N5O2/c1-14-4-5-16(24(35)32-21-12-17(8-9-29-21)25(26,27)28)11-18(14)20-13-30-22-19(3-2-10-33(20)22)31-23(34)15-6-7-15/h2-5,8-13,15H,6-7H2,1H3,(H,31,34)(H,29,32,35). The van der Waals surface area contributed by atoms with Crippen LogP contribution in [0.3, 0.4) is 0 Å². The Morgan fingerprint density at radius 1 is 1.06 bits per heavy atom. The van der Waals surface area contributed by atoms with E-state index in [1.165, 1.54) is 0 Å². The van der Waals surface area contributed by atoms with Gasteiger partial charge in [-0.1, -0.05) is 6.07 Å². The molecule has 0 bridgehead atoms. The zero-order valence-electron chi connectivity index (χ0n) is 18.6. The van der Waals surface area contributed by atoms with Gasteiger partial charge in [0.05, 0.1) is 23.1 Å². The van der Waals surface area contributed by atoms with Gasteiger partial charge in [0.1, 0.15) is 5.82 Å². The molecule has 5 rings (SSSR count). The molecule has 0 saturated heterocycles. The summed E-state index contributed by atoms with van der Waals surface area (Å²) in [6.45, 7) is 1.88. The van der Waals surface area contributed by atoms with Gasteiger partial charge in [0.25, 0.3) is 5.91 Å². The van der Waals surface area contributed by atoms with E-state index in [0.717, 1.165) is 36.7 Å². The van der Waals surface area contributed by atoms with Gasteiger partial charge in [0, 0.05) is 29.4 Å². The lowest BCUT2D eigenvalue weighted by Crippen LogP contribution is -2.14.